The summed E-state index contributed by atoms with van der Waals surface area (Å²) >= 11 is 3.42. The van der Waals surface area contributed by atoms with E-state index in [4.69, 9.17) is 5.73 Å². The average Bonchev–Trinajstić information content (AvgIpc) is 2.89. The third-order valence-corrected chi connectivity index (χ3v) is 3.45. The van der Waals surface area contributed by atoms with Gasteiger partial charge in [0.2, 0.25) is 0 Å². The number of tetrazole rings is 1. The van der Waals surface area contributed by atoms with E-state index >= 15 is 0 Å². The van der Waals surface area contributed by atoms with Crippen molar-refractivity contribution in [2.75, 3.05) is 5.73 Å². The lowest BCUT2D eigenvalue weighted by atomic mass is 10.2. The van der Waals surface area contributed by atoms with Crippen LogP contribution in [0.3, 0.4) is 0 Å². The first kappa shape index (κ1) is 12.8. The lowest BCUT2D eigenvalue weighted by molar-refractivity contribution is 0.653. The highest BCUT2D eigenvalue weighted by Gasteiger charge is 2.09. The summed E-state index contributed by atoms with van der Waals surface area (Å²) in [5.41, 5.74) is 8.54. The van der Waals surface area contributed by atoms with Crippen molar-refractivity contribution in [3.8, 4) is 11.4 Å². The van der Waals surface area contributed by atoms with Crippen LogP contribution in [-0.4, -0.2) is 20.2 Å². The first-order valence-corrected chi connectivity index (χ1v) is 6.88. The van der Waals surface area contributed by atoms with Crippen molar-refractivity contribution >= 4 is 21.6 Å². The maximum Gasteiger partial charge on any atom is 0.182 e. The van der Waals surface area contributed by atoms with Crippen molar-refractivity contribution in [1.82, 2.24) is 20.2 Å². The van der Waals surface area contributed by atoms with Gasteiger partial charge in [-0.15, -0.1) is 5.10 Å². The van der Waals surface area contributed by atoms with Gasteiger partial charge >= 0.3 is 0 Å². The fourth-order valence-corrected chi connectivity index (χ4v) is 2.22. The Kier molecular flexibility index (Phi) is 3.47. The SMILES string of the molecule is Nc1cccc(-c2nnnn2Cc2ccc(Br)cc2)c1. The monoisotopic (exact) mass is 329 g/mol. The van der Waals surface area contributed by atoms with Gasteiger partial charge in [-0.25, -0.2) is 4.68 Å². The molecule has 0 fully saturated rings. The van der Waals surface area contributed by atoms with E-state index in [0.717, 1.165) is 15.6 Å². The van der Waals surface area contributed by atoms with Crippen LogP contribution in [0.2, 0.25) is 0 Å². The summed E-state index contributed by atoms with van der Waals surface area (Å²) in [6.45, 7) is 0.615. The molecule has 20 heavy (non-hydrogen) atoms. The van der Waals surface area contributed by atoms with Crippen LogP contribution in [0.5, 0.6) is 0 Å². The van der Waals surface area contributed by atoms with Gasteiger partial charge in [-0.2, -0.15) is 0 Å². The molecule has 0 unspecified atom stereocenters. The Bertz CT molecular complexity index is 720. The first-order chi connectivity index (χ1) is 9.72. The van der Waals surface area contributed by atoms with Crippen molar-refractivity contribution in [2.45, 2.75) is 6.54 Å². The molecule has 0 atom stereocenters. The molecule has 5 nitrogen and oxygen atoms in total. The molecule has 2 aromatic carbocycles. The van der Waals surface area contributed by atoms with Crippen molar-refractivity contribution in [1.29, 1.82) is 0 Å². The molecule has 0 bridgehead atoms. The van der Waals surface area contributed by atoms with Crippen LogP contribution in [0, 0.1) is 0 Å². The number of nitrogens with two attached hydrogens (primary N) is 1. The van der Waals surface area contributed by atoms with Crippen LogP contribution < -0.4 is 5.73 Å². The highest BCUT2D eigenvalue weighted by Crippen LogP contribution is 2.19. The minimum absolute atomic E-state index is 0.615. The van der Waals surface area contributed by atoms with Crippen LogP contribution >= 0.6 is 15.9 Å². The molecule has 2 N–H and O–H groups in total. The van der Waals surface area contributed by atoms with Gasteiger partial charge in [-0.1, -0.05) is 40.2 Å². The summed E-state index contributed by atoms with van der Waals surface area (Å²) in [6, 6.07) is 15.6. The van der Waals surface area contributed by atoms with Gasteiger partial charge in [0.1, 0.15) is 0 Å². The fourth-order valence-electron chi connectivity index (χ4n) is 1.96. The number of benzene rings is 2. The summed E-state index contributed by atoms with van der Waals surface area (Å²) in [5, 5.41) is 11.9. The van der Waals surface area contributed by atoms with Gasteiger partial charge in [0.05, 0.1) is 6.54 Å². The standard InChI is InChI=1S/C14H12BrN5/c15-12-6-4-10(5-7-12)9-20-14(17-18-19-20)11-2-1-3-13(16)8-11/h1-8H,9,16H2. The smallest absolute Gasteiger partial charge is 0.182 e. The second-order valence-electron chi connectivity index (χ2n) is 4.41. The molecule has 0 amide bonds. The second kappa shape index (κ2) is 5.42. The number of anilines is 1. The van der Waals surface area contributed by atoms with Crippen molar-refractivity contribution < 1.29 is 0 Å². The summed E-state index contributed by atoms with van der Waals surface area (Å²) in [6.07, 6.45) is 0. The molecule has 0 aliphatic carbocycles. The number of aromatic nitrogens is 4. The minimum Gasteiger partial charge on any atom is -0.399 e. The zero-order valence-corrected chi connectivity index (χ0v) is 12.2. The van der Waals surface area contributed by atoms with E-state index in [1.807, 2.05) is 48.5 Å². The third-order valence-electron chi connectivity index (χ3n) is 2.92. The van der Waals surface area contributed by atoms with E-state index in [9.17, 15) is 0 Å². The predicted octanol–water partition coefficient (Wildman–Crippen LogP) is 2.73. The Hall–Kier alpha value is -2.21. The van der Waals surface area contributed by atoms with E-state index in [2.05, 4.69) is 31.5 Å². The summed E-state index contributed by atoms with van der Waals surface area (Å²) in [7, 11) is 0. The predicted molar refractivity (Wildman–Crippen MR) is 80.9 cm³/mol. The average molecular weight is 330 g/mol. The molecule has 6 heteroatoms. The number of rotatable bonds is 3. The van der Waals surface area contributed by atoms with Gasteiger partial charge in [-0.3, -0.25) is 0 Å². The fraction of sp³-hybridized carbons (Fsp3) is 0.0714. The van der Waals surface area contributed by atoms with Crippen molar-refractivity contribution in [3.05, 3.63) is 58.6 Å². The number of nitrogen functional groups attached to an aromatic ring is 1. The van der Waals surface area contributed by atoms with Gasteiger partial charge in [0.15, 0.2) is 5.82 Å². The highest BCUT2D eigenvalue weighted by molar-refractivity contribution is 9.10. The Morgan fingerprint density at radius 2 is 1.90 bits per heavy atom. The van der Waals surface area contributed by atoms with Crippen LogP contribution in [0.25, 0.3) is 11.4 Å². The molecule has 0 aliphatic heterocycles. The number of hydrogen-bond donors (Lipinski definition) is 1. The largest absolute Gasteiger partial charge is 0.399 e. The molecule has 0 saturated heterocycles. The van der Waals surface area contributed by atoms with Crippen LogP contribution in [0.1, 0.15) is 5.56 Å². The van der Waals surface area contributed by atoms with E-state index in [-0.39, 0.29) is 0 Å². The third kappa shape index (κ3) is 2.70. The van der Waals surface area contributed by atoms with Gasteiger partial charge in [0.25, 0.3) is 0 Å². The Morgan fingerprint density at radius 1 is 1.10 bits per heavy atom. The molecule has 3 aromatic rings. The molecular weight excluding hydrogens is 318 g/mol. The second-order valence-corrected chi connectivity index (χ2v) is 5.33. The normalized spacial score (nSPS) is 10.7. The van der Waals surface area contributed by atoms with Crippen molar-refractivity contribution in [3.63, 3.8) is 0 Å². The summed E-state index contributed by atoms with van der Waals surface area (Å²) in [5.74, 6) is 0.709. The molecule has 100 valence electrons. The van der Waals surface area contributed by atoms with Gasteiger partial charge in [-0.05, 0) is 40.3 Å². The van der Waals surface area contributed by atoms with Crippen LogP contribution in [0.15, 0.2) is 53.0 Å². The maximum absolute atomic E-state index is 5.80. The Labute approximate surface area is 124 Å². The highest BCUT2D eigenvalue weighted by atomic mass is 79.9. The van der Waals surface area contributed by atoms with Crippen LogP contribution in [0.4, 0.5) is 5.69 Å². The van der Waals surface area contributed by atoms with Gasteiger partial charge < -0.3 is 5.73 Å². The molecule has 0 aliphatic rings. The molecular formula is C14H12BrN5. The number of nitrogens with zero attached hydrogens (tertiary/aromatic N) is 4. The molecule has 3 rings (SSSR count). The topological polar surface area (TPSA) is 69.6 Å². The van der Waals surface area contributed by atoms with E-state index in [0.29, 0.717) is 18.1 Å². The van der Waals surface area contributed by atoms with E-state index in [1.165, 1.54) is 0 Å². The van der Waals surface area contributed by atoms with E-state index < -0.39 is 0 Å². The Balaban J connectivity index is 1.92. The van der Waals surface area contributed by atoms with Crippen molar-refractivity contribution in [2.24, 2.45) is 0 Å². The lowest BCUT2D eigenvalue weighted by Crippen LogP contribution is -2.04. The summed E-state index contributed by atoms with van der Waals surface area (Å²) < 4.78 is 2.81. The zero-order valence-electron chi connectivity index (χ0n) is 10.6. The molecule has 0 radical (unpaired) electrons. The Morgan fingerprint density at radius 3 is 2.65 bits per heavy atom. The lowest BCUT2D eigenvalue weighted by Gasteiger charge is -2.05. The van der Waals surface area contributed by atoms with E-state index in [1.54, 1.807) is 4.68 Å². The maximum atomic E-state index is 5.80. The quantitative estimate of drug-likeness (QED) is 0.750. The van der Waals surface area contributed by atoms with Crippen LogP contribution in [-0.2, 0) is 6.54 Å². The summed E-state index contributed by atoms with van der Waals surface area (Å²) in [4.78, 5) is 0. The van der Waals surface area contributed by atoms with Gasteiger partial charge in [0, 0.05) is 15.7 Å². The molecule has 1 aromatic heterocycles. The number of hydrogen-bond acceptors (Lipinski definition) is 4. The molecule has 0 spiro atoms. The first-order valence-electron chi connectivity index (χ1n) is 6.09. The molecule has 1 heterocycles. The minimum atomic E-state index is 0.615. The number of halogens is 1. The zero-order chi connectivity index (χ0) is 13.9. The molecule has 0 saturated carbocycles.